The first-order valence-electron chi connectivity index (χ1n) is 11.1. The van der Waals surface area contributed by atoms with Crippen molar-refractivity contribution in [3.05, 3.63) is 47.7 Å². The van der Waals surface area contributed by atoms with Crippen LogP contribution in [0, 0.1) is 18.2 Å². The second kappa shape index (κ2) is 10.9. The second-order valence-electron chi connectivity index (χ2n) is 9.66. The first-order valence-corrected chi connectivity index (χ1v) is 11.7. The van der Waals surface area contributed by atoms with Gasteiger partial charge in [-0.05, 0) is 48.8 Å². The van der Waals surface area contributed by atoms with E-state index >= 15 is 0 Å². The number of aryl methyl sites for hydroxylation is 1. The molecule has 182 valence electrons. The van der Waals surface area contributed by atoms with Crippen molar-refractivity contribution < 1.29 is 22.0 Å². The van der Waals surface area contributed by atoms with Crippen molar-refractivity contribution in [2.75, 3.05) is 18.4 Å². The smallest absolute Gasteiger partial charge is 0.335 e. The molecule has 1 aliphatic rings. The van der Waals surface area contributed by atoms with Crippen LogP contribution in [0.1, 0.15) is 57.1 Å². The molecule has 3 heterocycles. The van der Waals surface area contributed by atoms with Crippen molar-refractivity contribution in [3.8, 4) is 0 Å². The molecule has 0 saturated carbocycles. The molecule has 1 saturated heterocycles. The quantitative estimate of drug-likeness (QED) is 0.558. The lowest BCUT2D eigenvalue weighted by Gasteiger charge is -2.33. The van der Waals surface area contributed by atoms with Crippen molar-refractivity contribution in [2.24, 2.45) is 5.41 Å². The Balaban J connectivity index is 0.00000103. The highest BCUT2D eigenvalue weighted by Crippen LogP contribution is 2.36. The third-order valence-electron chi connectivity index (χ3n) is 5.73. The van der Waals surface area contributed by atoms with Crippen molar-refractivity contribution in [3.63, 3.8) is 0 Å². The fourth-order valence-electron chi connectivity index (χ4n) is 4.10. The van der Waals surface area contributed by atoms with Gasteiger partial charge in [0.1, 0.15) is 17.7 Å². The van der Waals surface area contributed by atoms with Gasteiger partial charge in [0.2, 0.25) is 5.91 Å². The Morgan fingerprint density at radius 1 is 1.24 bits per heavy atom. The van der Waals surface area contributed by atoms with Gasteiger partial charge in [0.25, 0.3) is 0 Å². The molecule has 1 aromatic carbocycles. The Morgan fingerprint density at radius 3 is 2.53 bits per heavy atom. The van der Waals surface area contributed by atoms with Crippen LogP contribution >= 0.6 is 0 Å². The van der Waals surface area contributed by atoms with E-state index in [9.17, 15) is 9.18 Å². The van der Waals surface area contributed by atoms with E-state index in [1.807, 2.05) is 17.9 Å². The van der Waals surface area contributed by atoms with Gasteiger partial charge >= 0.3 is 11.6 Å². The molecule has 0 atom stereocenters. The SMILES string of the molecule is Cc1ccc(Nc2ncnc3c(C4CCN(C(=O)CC(C)(C)C)CC4)coc23)c(F)c1.O=S=O. The zero-order chi connectivity index (χ0) is 24.9. The van der Waals surface area contributed by atoms with E-state index in [0.717, 1.165) is 42.6 Å². The Kier molecular flexibility index (Phi) is 8.14. The van der Waals surface area contributed by atoms with Crippen LogP contribution in [0.2, 0.25) is 0 Å². The summed E-state index contributed by atoms with van der Waals surface area (Å²) in [5.74, 6) is 0.582. The maximum atomic E-state index is 14.3. The predicted molar refractivity (Wildman–Crippen MR) is 128 cm³/mol. The molecule has 10 heteroatoms. The van der Waals surface area contributed by atoms with Gasteiger partial charge in [0.15, 0.2) is 11.4 Å². The Hall–Kier alpha value is -3.14. The average molecular weight is 489 g/mol. The molecular formula is C24H29FN4O4S. The number of carbonyl (C=O) groups is 1. The van der Waals surface area contributed by atoms with Crippen molar-refractivity contribution in [1.29, 1.82) is 0 Å². The molecule has 3 aromatic rings. The summed E-state index contributed by atoms with van der Waals surface area (Å²) in [5.41, 5.74) is 3.46. The van der Waals surface area contributed by atoms with Gasteiger partial charge in [-0.15, -0.1) is 0 Å². The van der Waals surface area contributed by atoms with Crippen LogP contribution in [0.15, 0.2) is 35.2 Å². The standard InChI is InChI=1S/C24H29FN4O2.O2S/c1-15-5-6-19(18(25)11-15)28-23-22-21(26-14-27-23)17(13-31-22)16-7-9-29(10-8-16)20(30)12-24(2,3)4;1-3-2/h5-6,11,13-14,16H,7-10,12H2,1-4H3,(H,26,27,28);. The molecule has 0 aliphatic carbocycles. The molecule has 1 amide bonds. The third kappa shape index (κ3) is 6.25. The van der Waals surface area contributed by atoms with Crippen molar-refractivity contribution >= 4 is 40.1 Å². The lowest BCUT2D eigenvalue weighted by atomic mass is 9.88. The number of carbonyl (C=O) groups excluding carboxylic acids is 1. The summed E-state index contributed by atoms with van der Waals surface area (Å²) in [5, 5.41) is 3.03. The summed E-state index contributed by atoms with van der Waals surface area (Å²) < 4.78 is 36.7. The number of likely N-dealkylation sites (tertiary alicyclic amines) is 1. The summed E-state index contributed by atoms with van der Waals surface area (Å²) in [6.07, 6.45) is 5.49. The topological polar surface area (TPSA) is 105 Å². The Labute approximate surface area is 201 Å². The number of anilines is 2. The van der Waals surface area contributed by atoms with Gasteiger partial charge in [-0.3, -0.25) is 4.79 Å². The summed E-state index contributed by atoms with van der Waals surface area (Å²) in [6.45, 7) is 9.57. The fourth-order valence-corrected chi connectivity index (χ4v) is 4.10. The van der Waals surface area contributed by atoms with E-state index in [1.165, 1.54) is 12.4 Å². The number of piperidine rings is 1. The number of nitrogens with one attached hydrogen (secondary N) is 1. The molecule has 34 heavy (non-hydrogen) atoms. The number of fused-ring (bicyclic) bond motifs is 1. The van der Waals surface area contributed by atoms with E-state index in [2.05, 4.69) is 36.1 Å². The van der Waals surface area contributed by atoms with Crippen LogP contribution in [-0.2, 0) is 16.4 Å². The van der Waals surface area contributed by atoms with Crippen LogP contribution in [0.25, 0.3) is 11.1 Å². The largest absolute Gasteiger partial charge is 0.458 e. The zero-order valence-electron chi connectivity index (χ0n) is 19.8. The van der Waals surface area contributed by atoms with Gasteiger partial charge in [-0.25, -0.2) is 14.4 Å². The molecule has 0 spiro atoms. The highest BCUT2D eigenvalue weighted by atomic mass is 32.1. The highest BCUT2D eigenvalue weighted by Gasteiger charge is 2.29. The molecule has 8 nitrogen and oxygen atoms in total. The van der Waals surface area contributed by atoms with Gasteiger partial charge < -0.3 is 14.6 Å². The third-order valence-corrected chi connectivity index (χ3v) is 5.73. The molecule has 2 aromatic heterocycles. The monoisotopic (exact) mass is 488 g/mol. The van der Waals surface area contributed by atoms with Gasteiger partial charge in [0, 0.05) is 25.1 Å². The second-order valence-corrected chi connectivity index (χ2v) is 9.80. The van der Waals surface area contributed by atoms with E-state index in [1.54, 1.807) is 12.3 Å². The number of aromatic nitrogens is 2. The maximum Gasteiger partial charge on any atom is 0.335 e. The van der Waals surface area contributed by atoms with Crippen LogP contribution < -0.4 is 5.32 Å². The van der Waals surface area contributed by atoms with Gasteiger partial charge in [-0.1, -0.05) is 26.8 Å². The predicted octanol–water partition coefficient (Wildman–Crippen LogP) is 4.89. The summed E-state index contributed by atoms with van der Waals surface area (Å²) in [6, 6.07) is 5.00. The van der Waals surface area contributed by atoms with Gasteiger partial charge in [0.05, 0.1) is 12.0 Å². The van der Waals surface area contributed by atoms with Crippen LogP contribution in [0.5, 0.6) is 0 Å². The highest BCUT2D eigenvalue weighted by molar-refractivity contribution is 7.51. The van der Waals surface area contributed by atoms with Crippen LogP contribution in [-0.4, -0.2) is 42.3 Å². The minimum absolute atomic E-state index is 0.00800. The van der Waals surface area contributed by atoms with E-state index < -0.39 is 11.6 Å². The van der Waals surface area contributed by atoms with Crippen molar-refractivity contribution in [2.45, 2.75) is 52.9 Å². The molecular weight excluding hydrogens is 459 g/mol. The summed E-state index contributed by atoms with van der Waals surface area (Å²) in [4.78, 5) is 23.2. The first-order chi connectivity index (χ1) is 16.1. The first kappa shape index (κ1) is 25.5. The Bertz CT molecular complexity index is 1190. The molecule has 1 fully saturated rings. The normalized spacial score (nSPS) is 14.4. The van der Waals surface area contributed by atoms with Gasteiger partial charge in [-0.2, -0.15) is 8.42 Å². The molecule has 0 radical (unpaired) electrons. The molecule has 1 aliphatic heterocycles. The minimum Gasteiger partial charge on any atom is -0.458 e. The zero-order valence-corrected chi connectivity index (χ0v) is 20.6. The molecule has 4 rings (SSSR count). The van der Waals surface area contributed by atoms with Crippen molar-refractivity contribution in [1.82, 2.24) is 14.9 Å². The lowest BCUT2D eigenvalue weighted by molar-refractivity contribution is -0.134. The number of benzene rings is 1. The summed E-state index contributed by atoms with van der Waals surface area (Å²) in [7, 11) is 0. The van der Waals surface area contributed by atoms with Crippen LogP contribution in [0.3, 0.4) is 0 Å². The fraction of sp³-hybridized carbons (Fsp3) is 0.458. The lowest BCUT2D eigenvalue weighted by Crippen LogP contribution is -2.39. The number of hydrogen-bond acceptors (Lipinski definition) is 7. The minimum atomic E-state index is -0.750. The molecule has 0 unspecified atom stereocenters. The number of rotatable bonds is 4. The number of amides is 1. The van der Waals surface area contributed by atoms with Crippen LogP contribution in [0.4, 0.5) is 15.9 Å². The number of hydrogen-bond donors (Lipinski definition) is 1. The number of nitrogens with zero attached hydrogens (tertiary/aromatic N) is 3. The number of halogens is 1. The average Bonchev–Trinajstić information content (AvgIpc) is 3.20. The van der Waals surface area contributed by atoms with E-state index in [0.29, 0.717) is 23.5 Å². The maximum absolute atomic E-state index is 14.3. The summed E-state index contributed by atoms with van der Waals surface area (Å²) >= 11 is -0.750. The molecule has 0 bridgehead atoms. The van der Waals surface area contributed by atoms with E-state index in [4.69, 9.17) is 12.8 Å². The number of furan rings is 1. The van der Waals surface area contributed by atoms with E-state index in [-0.39, 0.29) is 23.1 Å². The Morgan fingerprint density at radius 2 is 1.91 bits per heavy atom. The molecule has 1 N–H and O–H groups in total.